The Hall–Kier alpha value is -1.97. The molecule has 1 heterocycles. The third-order valence-corrected chi connectivity index (χ3v) is 4.54. The molecular weight excluding hydrogens is 298 g/mol. The summed E-state index contributed by atoms with van der Waals surface area (Å²) in [6.45, 7) is 3.77. The molecule has 1 unspecified atom stereocenters. The van der Waals surface area contributed by atoms with E-state index in [1.807, 2.05) is 60.7 Å². The van der Waals surface area contributed by atoms with Crippen molar-refractivity contribution in [2.24, 2.45) is 0 Å². The first-order chi connectivity index (χ1) is 11.8. The first kappa shape index (κ1) is 16.9. The minimum atomic E-state index is -0.529. The molecule has 0 saturated carbocycles. The summed E-state index contributed by atoms with van der Waals surface area (Å²) in [5.41, 5.74) is 1.62. The van der Waals surface area contributed by atoms with Crippen molar-refractivity contribution in [1.29, 1.82) is 0 Å². The number of nitrogens with zero attached hydrogens (tertiary/aromatic N) is 1. The highest BCUT2D eigenvalue weighted by atomic mass is 16.5. The van der Waals surface area contributed by atoms with E-state index in [1.165, 1.54) is 19.3 Å². The number of ketones is 1. The van der Waals surface area contributed by atoms with Crippen molar-refractivity contribution < 1.29 is 9.53 Å². The second-order valence-electron chi connectivity index (χ2n) is 6.29. The summed E-state index contributed by atoms with van der Waals surface area (Å²) in [6.07, 6.45) is 3.34. The lowest BCUT2D eigenvalue weighted by Crippen LogP contribution is -2.33. The lowest BCUT2D eigenvalue weighted by atomic mass is 10.00. The van der Waals surface area contributed by atoms with Crippen molar-refractivity contribution in [3.63, 3.8) is 0 Å². The molecule has 0 bridgehead atoms. The summed E-state index contributed by atoms with van der Waals surface area (Å²) in [7, 11) is 0. The van der Waals surface area contributed by atoms with Crippen molar-refractivity contribution >= 4 is 5.78 Å². The van der Waals surface area contributed by atoms with Gasteiger partial charge >= 0.3 is 0 Å². The summed E-state index contributed by atoms with van der Waals surface area (Å²) in [5, 5.41) is 0. The molecule has 1 aliphatic heterocycles. The largest absolute Gasteiger partial charge is 0.364 e. The zero-order chi connectivity index (χ0) is 16.6. The van der Waals surface area contributed by atoms with Crippen LogP contribution in [0.15, 0.2) is 60.7 Å². The molecule has 1 fully saturated rings. The van der Waals surface area contributed by atoms with E-state index in [0.717, 1.165) is 25.2 Å². The normalized spacial score (nSPS) is 16.7. The third-order valence-electron chi connectivity index (χ3n) is 4.54. The molecular formula is C21H25NO2. The second-order valence-corrected chi connectivity index (χ2v) is 6.29. The van der Waals surface area contributed by atoms with Gasteiger partial charge in [-0.3, -0.25) is 4.79 Å². The van der Waals surface area contributed by atoms with Crippen LogP contribution in [0.2, 0.25) is 0 Å². The molecule has 1 saturated heterocycles. The van der Waals surface area contributed by atoms with Gasteiger partial charge in [0.1, 0.15) is 6.10 Å². The molecule has 126 valence electrons. The Labute approximate surface area is 144 Å². The van der Waals surface area contributed by atoms with Crippen LogP contribution >= 0.6 is 0 Å². The van der Waals surface area contributed by atoms with Crippen molar-refractivity contribution in [2.45, 2.75) is 25.4 Å². The van der Waals surface area contributed by atoms with Gasteiger partial charge in [0.15, 0.2) is 5.78 Å². The predicted molar refractivity (Wildman–Crippen MR) is 96.2 cm³/mol. The molecule has 0 aromatic heterocycles. The number of ether oxygens (including phenoxy) is 1. The van der Waals surface area contributed by atoms with Gasteiger partial charge in [-0.05, 0) is 31.5 Å². The molecule has 3 heteroatoms. The molecule has 1 aliphatic rings. The Morgan fingerprint density at radius 2 is 1.54 bits per heavy atom. The van der Waals surface area contributed by atoms with Crippen LogP contribution in [0.4, 0.5) is 0 Å². The molecule has 0 amide bonds. The number of hydrogen-bond acceptors (Lipinski definition) is 3. The first-order valence-electron chi connectivity index (χ1n) is 8.83. The Morgan fingerprint density at radius 1 is 0.917 bits per heavy atom. The third kappa shape index (κ3) is 4.53. The van der Waals surface area contributed by atoms with Crippen molar-refractivity contribution in [2.75, 3.05) is 26.2 Å². The zero-order valence-electron chi connectivity index (χ0n) is 14.1. The van der Waals surface area contributed by atoms with Crippen LogP contribution in [0, 0.1) is 0 Å². The Bertz CT molecular complexity index is 621. The number of hydrogen-bond donors (Lipinski definition) is 0. The van der Waals surface area contributed by atoms with Crippen LogP contribution in [-0.4, -0.2) is 36.9 Å². The standard InChI is InChI=1S/C21H25NO2/c23-20(18-10-4-1-5-11-18)21(19-12-6-2-7-13-19)24-17-16-22-14-8-3-9-15-22/h1-2,4-7,10-13,21H,3,8-9,14-17H2. The fourth-order valence-corrected chi connectivity index (χ4v) is 3.19. The maximum absolute atomic E-state index is 12.9. The Morgan fingerprint density at radius 3 is 2.21 bits per heavy atom. The van der Waals surface area contributed by atoms with Gasteiger partial charge in [0.2, 0.25) is 0 Å². The zero-order valence-corrected chi connectivity index (χ0v) is 14.1. The Balaban J connectivity index is 1.67. The molecule has 24 heavy (non-hydrogen) atoms. The van der Waals surface area contributed by atoms with Gasteiger partial charge in [0, 0.05) is 12.1 Å². The van der Waals surface area contributed by atoms with E-state index in [2.05, 4.69) is 4.90 Å². The fraction of sp³-hybridized carbons (Fsp3) is 0.381. The summed E-state index contributed by atoms with van der Waals surface area (Å²) < 4.78 is 6.06. The molecule has 0 radical (unpaired) electrons. The fourth-order valence-electron chi connectivity index (χ4n) is 3.19. The van der Waals surface area contributed by atoms with E-state index in [-0.39, 0.29) is 5.78 Å². The molecule has 0 N–H and O–H groups in total. The maximum Gasteiger partial charge on any atom is 0.196 e. The molecule has 3 rings (SSSR count). The highest BCUT2D eigenvalue weighted by molar-refractivity contribution is 6.00. The maximum atomic E-state index is 12.9. The number of carbonyl (C=O) groups is 1. The molecule has 2 aromatic carbocycles. The topological polar surface area (TPSA) is 29.5 Å². The summed E-state index contributed by atoms with van der Waals surface area (Å²) >= 11 is 0. The van der Waals surface area contributed by atoms with Gasteiger partial charge in [0.25, 0.3) is 0 Å². The van der Waals surface area contributed by atoms with E-state index >= 15 is 0 Å². The van der Waals surface area contributed by atoms with Crippen molar-refractivity contribution in [3.8, 4) is 0 Å². The minimum Gasteiger partial charge on any atom is -0.364 e. The Kier molecular flexibility index (Phi) is 6.16. The van der Waals surface area contributed by atoms with Crippen molar-refractivity contribution in [1.82, 2.24) is 4.90 Å². The lowest BCUT2D eigenvalue weighted by Gasteiger charge is -2.27. The number of rotatable bonds is 7. The summed E-state index contributed by atoms with van der Waals surface area (Å²) in [6, 6.07) is 19.2. The number of carbonyl (C=O) groups excluding carboxylic acids is 1. The van der Waals surface area contributed by atoms with E-state index in [0.29, 0.717) is 12.2 Å². The van der Waals surface area contributed by atoms with E-state index in [9.17, 15) is 4.79 Å². The van der Waals surface area contributed by atoms with Crippen LogP contribution in [0.25, 0.3) is 0 Å². The highest BCUT2D eigenvalue weighted by Crippen LogP contribution is 2.22. The lowest BCUT2D eigenvalue weighted by molar-refractivity contribution is 0.0300. The van der Waals surface area contributed by atoms with Gasteiger partial charge in [0.05, 0.1) is 6.61 Å². The number of piperidine rings is 1. The highest BCUT2D eigenvalue weighted by Gasteiger charge is 2.23. The van der Waals surface area contributed by atoms with Crippen LogP contribution in [0.3, 0.4) is 0 Å². The summed E-state index contributed by atoms with van der Waals surface area (Å²) in [4.78, 5) is 15.3. The predicted octanol–water partition coefficient (Wildman–Crippen LogP) is 4.11. The van der Waals surface area contributed by atoms with Crippen LogP contribution in [0.5, 0.6) is 0 Å². The van der Waals surface area contributed by atoms with Gasteiger partial charge < -0.3 is 9.64 Å². The molecule has 1 atom stereocenters. The van der Waals surface area contributed by atoms with Crippen LogP contribution in [0.1, 0.15) is 41.3 Å². The quantitative estimate of drug-likeness (QED) is 0.718. The van der Waals surface area contributed by atoms with Crippen molar-refractivity contribution in [3.05, 3.63) is 71.8 Å². The van der Waals surface area contributed by atoms with E-state index in [4.69, 9.17) is 4.74 Å². The van der Waals surface area contributed by atoms with Crippen LogP contribution < -0.4 is 0 Å². The molecule has 2 aromatic rings. The molecule has 3 nitrogen and oxygen atoms in total. The van der Waals surface area contributed by atoms with E-state index in [1.54, 1.807) is 0 Å². The summed E-state index contributed by atoms with van der Waals surface area (Å²) in [5.74, 6) is 0.0282. The SMILES string of the molecule is O=C(c1ccccc1)C(OCCN1CCCCC1)c1ccccc1. The molecule has 0 spiro atoms. The van der Waals surface area contributed by atoms with E-state index < -0.39 is 6.10 Å². The average molecular weight is 323 g/mol. The van der Waals surface area contributed by atoms with Gasteiger partial charge in [-0.1, -0.05) is 67.1 Å². The number of Topliss-reactive ketones (excluding diaryl/α,β-unsaturated/α-hetero) is 1. The minimum absolute atomic E-state index is 0.0282. The first-order valence-corrected chi connectivity index (χ1v) is 8.83. The average Bonchev–Trinajstić information content (AvgIpc) is 2.67. The number of likely N-dealkylation sites (tertiary alicyclic amines) is 1. The second kappa shape index (κ2) is 8.76. The smallest absolute Gasteiger partial charge is 0.196 e. The number of benzene rings is 2. The molecule has 0 aliphatic carbocycles. The van der Waals surface area contributed by atoms with Gasteiger partial charge in [-0.2, -0.15) is 0 Å². The van der Waals surface area contributed by atoms with Gasteiger partial charge in [-0.15, -0.1) is 0 Å². The monoisotopic (exact) mass is 323 g/mol. The van der Waals surface area contributed by atoms with Crippen LogP contribution in [-0.2, 0) is 4.74 Å². The van der Waals surface area contributed by atoms with Gasteiger partial charge in [-0.25, -0.2) is 0 Å².